The van der Waals surface area contributed by atoms with Gasteiger partial charge in [-0.15, -0.1) is 0 Å². The lowest BCUT2D eigenvalue weighted by atomic mass is 10.1. The van der Waals surface area contributed by atoms with E-state index < -0.39 is 0 Å². The number of rotatable bonds is 3. The Balaban J connectivity index is 1.68. The molecule has 1 aromatic carbocycles. The van der Waals surface area contributed by atoms with Crippen LogP contribution in [0.1, 0.15) is 30.0 Å². The van der Waals surface area contributed by atoms with Crippen molar-refractivity contribution in [2.24, 2.45) is 0 Å². The standard InChI is InChI=1S/C17H17ClN2O2/c18-16-14(8-4-10-19-16)15-9-5-11-20(15)17(21)22-12-13-6-2-1-3-7-13/h1-4,6-8,10,15H,5,9,11-12H2/t15-/m0/s1. The van der Waals surface area contributed by atoms with Crippen molar-refractivity contribution in [3.63, 3.8) is 0 Å². The van der Waals surface area contributed by atoms with E-state index in [4.69, 9.17) is 16.3 Å². The zero-order valence-electron chi connectivity index (χ0n) is 12.1. The number of halogens is 1. The molecular formula is C17H17ClN2O2. The summed E-state index contributed by atoms with van der Waals surface area (Å²) in [5, 5.41) is 0.454. The number of pyridine rings is 1. The molecule has 3 rings (SSSR count). The summed E-state index contributed by atoms with van der Waals surface area (Å²) in [5.41, 5.74) is 1.87. The fraction of sp³-hybridized carbons (Fsp3) is 0.294. The van der Waals surface area contributed by atoms with Crippen molar-refractivity contribution in [3.8, 4) is 0 Å². The van der Waals surface area contributed by atoms with Crippen LogP contribution in [0.5, 0.6) is 0 Å². The summed E-state index contributed by atoms with van der Waals surface area (Å²) in [5.74, 6) is 0. The molecule has 1 aliphatic heterocycles. The number of benzene rings is 1. The minimum Gasteiger partial charge on any atom is -0.445 e. The third kappa shape index (κ3) is 3.22. The van der Waals surface area contributed by atoms with E-state index >= 15 is 0 Å². The van der Waals surface area contributed by atoms with Crippen LogP contribution in [-0.2, 0) is 11.3 Å². The quantitative estimate of drug-likeness (QED) is 0.797. The van der Waals surface area contributed by atoms with Gasteiger partial charge in [-0.05, 0) is 24.5 Å². The highest BCUT2D eigenvalue weighted by molar-refractivity contribution is 6.30. The Bertz CT molecular complexity index is 648. The number of likely N-dealkylation sites (tertiary alicyclic amines) is 1. The van der Waals surface area contributed by atoms with Crippen LogP contribution in [0.2, 0.25) is 5.15 Å². The second-order valence-corrected chi connectivity index (χ2v) is 5.63. The maximum atomic E-state index is 12.4. The number of carbonyl (C=O) groups is 1. The lowest BCUT2D eigenvalue weighted by molar-refractivity contribution is 0.0920. The highest BCUT2D eigenvalue weighted by Gasteiger charge is 2.32. The fourth-order valence-corrected chi connectivity index (χ4v) is 3.00. The number of hydrogen-bond donors (Lipinski definition) is 0. The number of ether oxygens (including phenoxy) is 1. The van der Waals surface area contributed by atoms with Crippen molar-refractivity contribution in [1.82, 2.24) is 9.88 Å². The van der Waals surface area contributed by atoms with E-state index in [0.29, 0.717) is 11.7 Å². The number of carbonyl (C=O) groups excluding carboxylic acids is 1. The van der Waals surface area contributed by atoms with Crippen LogP contribution in [0.3, 0.4) is 0 Å². The van der Waals surface area contributed by atoms with Crippen molar-refractivity contribution in [2.75, 3.05) is 6.54 Å². The monoisotopic (exact) mass is 316 g/mol. The maximum Gasteiger partial charge on any atom is 0.410 e. The van der Waals surface area contributed by atoms with Gasteiger partial charge in [-0.1, -0.05) is 48.0 Å². The van der Waals surface area contributed by atoms with Gasteiger partial charge in [0.1, 0.15) is 11.8 Å². The average molecular weight is 317 g/mol. The Labute approximate surface area is 134 Å². The number of aromatic nitrogens is 1. The van der Waals surface area contributed by atoms with E-state index in [0.717, 1.165) is 24.0 Å². The van der Waals surface area contributed by atoms with Crippen LogP contribution in [0.4, 0.5) is 4.79 Å². The Kier molecular flexibility index (Phi) is 4.59. The summed E-state index contributed by atoms with van der Waals surface area (Å²) >= 11 is 6.16. The second-order valence-electron chi connectivity index (χ2n) is 5.28. The molecule has 0 bridgehead atoms. The molecule has 1 saturated heterocycles. The molecule has 0 saturated carbocycles. The molecule has 1 fully saturated rings. The molecule has 22 heavy (non-hydrogen) atoms. The second kappa shape index (κ2) is 6.79. The third-order valence-electron chi connectivity index (χ3n) is 3.84. The molecule has 2 aromatic rings. The fourth-order valence-electron chi connectivity index (χ4n) is 2.76. The van der Waals surface area contributed by atoms with Crippen LogP contribution in [-0.4, -0.2) is 22.5 Å². The van der Waals surface area contributed by atoms with E-state index in [2.05, 4.69) is 4.98 Å². The van der Waals surface area contributed by atoms with Crippen molar-refractivity contribution in [3.05, 3.63) is 64.9 Å². The van der Waals surface area contributed by atoms with E-state index in [1.807, 2.05) is 42.5 Å². The normalized spacial score (nSPS) is 17.5. The summed E-state index contributed by atoms with van der Waals surface area (Å²) in [7, 11) is 0. The zero-order chi connectivity index (χ0) is 15.4. The number of amides is 1. The predicted octanol–water partition coefficient (Wildman–Crippen LogP) is 4.21. The molecule has 1 atom stereocenters. The van der Waals surface area contributed by atoms with Gasteiger partial charge in [-0.2, -0.15) is 0 Å². The minimum atomic E-state index is -0.300. The zero-order valence-corrected chi connectivity index (χ0v) is 12.9. The van der Waals surface area contributed by atoms with Gasteiger partial charge in [-0.3, -0.25) is 0 Å². The molecule has 0 N–H and O–H groups in total. The van der Waals surface area contributed by atoms with Crippen LogP contribution in [0, 0.1) is 0 Å². The van der Waals surface area contributed by atoms with Gasteiger partial charge in [0.05, 0.1) is 6.04 Å². The van der Waals surface area contributed by atoms with Crippen molar-refractivity contribution >= 4 is 17.7 Å². The van der Waals surface area contributed by atoms with Gasteiger partial charge in [0.15, 0.2) is 0 Å². The summed E-state index contributed by atoms with van der Waals surface area (Å²) in [6.07, 6.45) is 3.17. The molecule has 0 spiro atoms. The molecule has 5 heteroatoms. The lowest BCUT2D eigenvalue weighted by Crippen LogP contribution is -2.31. The van der Waals surface area contributed by atoms with Gasteiger partial charge >= 0.3 is 6.09 Å². The molecule has 1 aromatic heterocycles. The molecule has 2 heterocycles. The van der Waals surface area contributed by atoms with Crippen LogP contribution < -0.4 is 0 Å². The Morgan fingerprint density at radius 3 is 2.86 bits per heavy atom. The molecule has 114 valence electrons. The summed E-state index contributed by atoms with van der Waals surface area (Å²) in [6, 6.07) is 13.4. The minimum absolute atomic E-state index is 0.0514. The molecule has 0 unspecified atom stereocenters. The van der Waals surface area contributed by atoms with Crippen LogP contribution >= 0.6 is 11.6 Å². The highest BCUT2D eigenvalue weighted by atomic mass is 35.5. The molecule has 1 aliphatic rings. The molecule has 0 radical (unpaired) electrons. The smallest absolute Gasteiger partial charge is 0.410 e. The third-order valence-corrected chi connectivity index (χ3v) is 4.16. The Morgan fingerprint density at radius 1 is 1.27 bits per heavy atom. The van der Waals surface area contributed by atoms with Gasteiger partial charge in [0.2, 0.25) is 0 Å². The van der Waals surface area contributed by atoms with E-state index in [-0.39, 0.29) is 18.7 Å². The van der Waals surface area contributed by atoms with Crippen molar-refractivity contribution in [2.45, 2.75) is 25.5 Å². The van der Waals surface area contributed by atoms with Gasteiger partial charge in [0.25, 0.3) is 0 Å². The summed E-state index contributed by atoms with van der Waals surface area (Å²) in [4.78, 5) is 18.2. The molecule has 1 amide bonds. The Hall–Kier alpha value is -2.07. The Morgan fingerprint density at radius 2 is 2.09 bits per heavy atom. The maximum absolute atomic E-state index is 12.4. The summed E-state index contributed by atoms with van der Waals surface area (Å²) < 4.78 is 5.43. The first-order valence-electron chi connectivity index (χ1n) is 7.33. The number of hydrogen-bond acceptors (Lipinski definition) is 3. The average Bonchev–Trinajstić information content (AvgIpc) is 3.03. The molecular weight excluding hydrogens is 300 g/mol. The first kappa shape index (κ1) is 14.9. The van der Waals surface area contributed by atoms with E-state index in [1.54, 1.807) is 11.1 Å². The first-order valence-corrected chi connectivity index (χ1v) is 7.71. The summed E-state index contributed by atoms with van der Waals surface area (Å²) in [6.45, 7) is 0.965. The lowest BCUT2D eigenvalue weighted by Gasteiger charge is -2.24. The first-order chi connectivity index (χ1) is 10.8. The number of nitrogens with zero attached hydrogens (tertiary/aromatic N) is 2. The predicted molar refractivity (Wildman–Crippen MR) is 84.6 cm³/mol. The highest BCUT2D eigenvalue weighted by Crippen LogP contribution is 2.35. The largest absolute Gasteiger partial charge is 0.445 e. The molecule has 0 aliphatic carbocycles. The van der Waals surface area contributed by atoms with E-state index in [9.17, 15) is 4.79 Å². The van der Waals surface area contributed by atoms with Crippen LogP contribution in [0.15, 0.2) is 48.7 Å². The van der Waals surface area contributed by atoms with Crippen LogP contribution in [0.25, 0.3) is 0 Å². The van der Waals surface area contributed by atoms with Crippen molar-refractivity contribution < 1.29 is 9.53 Å². The van der Waals surface area contributed by atoms with Gasteiger partial charge in [0, 0.05) is 18.3 Å². The van der Waals surface area contributed by atoms with Crippen molar-refractivity contribution in [1.29, 1.82) is 0 Å². The van der Waals surface area contributed by atoms with Gasteiger partial charge in [-0.25, -0.2) is 9.78 Å². The van der Waals surface area contributed by atoms with E-state index in [1.165, 1.54) is 0 Å². The topological polar surface area (TPSA) is 42.4 Å². The SMILES string of the molecule is O=C(OCc1ccccc1)N1CCC[C@H]1c1cccnc1Cl. The molecule has 4 nitrogen and oxygen atoms in total. The van der Waals surface area contributed by atoms with Gasteiger partial charge < -0.3 is 9.64 Å².